The second-order valence-corrected chi connectivity index (χ2v) is 3.46. The van der Waals surface area contributed by atoms with E-state index in [2.05, 4.69) is 0 Å². The van der Waals surface area contributed by atoms with Crippen LogP contribution < -0.4 is 10.9 Å². The highest BCUT2D eigenvalue weighted by Crippen LogP contribution is 2.25. The minimum absolute atomic E-state index is 0.0475. The van der Waals surface area contributed by atoms with Crippen molar-refractivity contribution >= 4 is 24.1 Å². The van der Waals surface area contributed by atoms with Crippen LogP contribution in [-0.4, -0.2) is 18.1 Å². The Morgan fingerprint density at radius 3 is 2.60 bits per heavy atom. The molecule has 0 bridgehead atoms. The maximum Gasteiger partial charge on any atom is 0.190 e. The van der Waals surface area contributed by atoms with E-state index in [9.17, 15) is 15.0 Å². The largest absolute Gasteiger partial charge is 0.508 e. The summed E-state index contributed by atoms with van der Waals surface area (Å²) in [4.78, 5) is 11.6. The van der Waals surface area contributed by atoms with Crippen LogP contribution in [0.15, 0.2) is 35.1 Å². The van der Waals surface area contributed by atoms with E-state index in [4.69, 9.17) is 0 Å². The summed E-state index contributed by atoms with van der Waals surface area (Å²) < 4.78 is 0. The molecule has 0 unspecified atom stereocenters. The number of phenolic OH excluding ortho intramolecular Hbond substituents is 2. The topological polar surface area (TPSA) is 57.5 Å². The van der Waals surface area contributed by atoms with Crippen LogP contribution >= 0.6 is 0 Å². The van der Waals surface area contributed by atoms with Crippen LogP contribution in [0.5, 0.6) is 11.5 Å². The first-order valence-electron chi connectivity index (χ1n) is 4.55. The van der Waals surface area contributed by atoms with E-state index in [1.807, 2.05) is 7.85 Å². The highest BCUT2D eigenvalue weighted by Gasteiger charge is 2.06. The summed E-state index contributed by atoms with van der Waals surface area (Å²) in [6.07, 6.45) is 0. The van der Waals surface area contributed by atoms with E-state index < -0.39 is 0 Å². The quantitative estimate of drug-likeness (QED) is 0.582. The molecule has 3 nitrogen and oxygen atoms in total. The van der Waals surface area contributed by atoms with Gasteiger partial charge in [0.2, 0.25) is 0 Å². The summed E-state index contributed by atoms with van der Waals surface area (Å²) in [6.45, 7) is 0. The van der Waals surface area contributed by atoms with Crippen LogP contribution in [-0.2, 0) is 0 Å². The molecule has 0 aliphatic heterocycles. The number of hydrogen-bond donors (Lipinski definition) is 2. The Morgan fingerprint density at radius 2 is 1.87 bits per heavy atom. The van der Waals surface area contributed by atoms with Gasteiger partial charge >= 0.3 is 0 Å². The molecule has 0 spiro atoms. The fourth-order valence-corrected chi connectivity index (χ4v) is 1.63. The molecule has 0 radical (unpaired) electrons. The van der Waals surface area contributed by atoms with Crippen molar-refractivity contribution < 1.29 is 10.2 Å². The van der Waals surface area contributed by atoms with E-state index >= 15 is 0 Å². The average molecular weight is 200 g/mol. The van der Waals surface area contributed by atoms with E-state index in [1.165, 1.54) is 18.2 Å². The van der Waals surface area contributed by atoms with Crippen molar-refractivity contribution in [1.29, 1.82) is 0 Å². The Bertz CT molecular complexity index is 593. The lowest BCUT2D eigenvalue weighted by Crippen LogP contribution is -2.03. The maximum absolute atomic E-state index is 11.6. The first kappa shape index (κ1) is 9.58. The van der Waals surface area contributed by atoms with Crippen LogP contribution in [0.1, 0.15) is 0 Å². The fourth-order valence-electron chi connectivity index (χ4n) is 1.63. The summed E-state index contributed by atoms with van der Waals surface area (Å²) in [7, 11) is 1.82. The lowest BCUT2D eigenvalue weighted by atomic mass is 9.92. The van der Waals surface area contributed by atoms with Crippen LogP contribution in [0, 0.1) is 0 Å². The maximum atomic E-state index is 11.6. The Kier molecular flexibility index (Phi) is 2.12. The van der Waals surface area contributed by atoms with Crippen molar-refractivity contribution in [1.82, 2.24) is 0 Å². The van der Waals surface area contributed by atoms with E-state index in [0.29, 0.717) is 5.39 Å². The first-order valence-corrected chi connectivity index (χ1v) is 4.55. The van der Waals surface area contributed by atoms with Gasteiger partial charge in [0.15, 0.2) is 5.43 Å². The third-order valence-corrected chi connectivity index (χ3v) is 2.37. The molecule has 0 aliphatic rings. The lowest BCUT2D eigenvalue weighted by molar-refractivity contribution is 0.455. The predicted molar refractivity (Wildman–Crippen MR) is 61.7 cm³/mol. The Morgan fingerprint density at radius 1 is 1.13 bits per heavy atom. The Hall–Kier alpha value is -1.97. The molecule has 0 amide bonds. The summed E-state index contributed by atoms with van der Waals surface area (Å²) in [5.41, 5.74) is 0.578. The van der Waals surface area contributed by atoms with Crippen molar-refractivity contribution in [3.8, 4) is 11.5 Å². The Labute approximate surface area is 87.0 Å². The van der Waals surface area contributed by atoms with Gasteiger partial charge in [0.25, 0.3) is 0 Å². The van der Waals surface area contributed by atoms with Crippen molar-refractivity contribution in [2.24, 2.45) is 0 Å². The summed E-state index contributed by atoms with van der Waals surface area (Å²) >= 11 is 0. The molecule has 0 fully saturated rings. The monoisotopic (exact) mass is 200 g/mol. The van der Waals surface area contributed by atoms with Gasteiger partial charge in [-0.25, -0.2) is 0 Å². The number of hydrogen-bond acceptors (Lipinski definition) is 3. The van der Waals surface area contributed by atoms with Gasteiger partial charge in [0.05, 0.1) is 5.39 Å². The van der Waals surface area contributed by atoms with E-state index in [-0.39, 0.29) is 22.3 Å². The number of fused-ring (bicyclic) bond motifs is 1. The molecule has 0 aromatic heterocycles. The zero-order valence-corrected chi connectivity index (χ0v) is 8.19. The van der Waals surface area contributed by atoms with Crippen LogP contribution in [0.25, 0.3) is 10.8 Å². The average Bonchev–Trinajstić information content (AvgIpc) is 2.27. The zero-order chi connectivity index (χ0) is 11.0. The summed E-state index contributed by atoms with van der Waals surface area (Å²) in [5, 5.41) is 19.8. The molecule has 0 aliphatic carbocycles. The smallest absolute Gasteiger partial charge is 0.190 e. The predicted octanol–water partition coefficient (Wildman–Crippen LogP) is -0.130. The van der Waals surface area contributed by atoms with E-state index in [0.717, 1.165) is 5.46 Å². The number of benzene rings is 1. The van der Waals surface area contributed by atoms with Crippen molar-refractivity contribution in [3.05, 3.63) is 40.6 Å². The third-order valence-electron chi connectivity index (χ3n) is 2.37. The molecule has 4 heteroatoms. The second-order valence-electron chi connectivity index (χ2n) is 3.46. The van der Waals surface area contributed by atoms with Gasteiger partial charge in [-0.2, -0.15) is 0 Å². The summed E-state index contributed by atoms with van der Waals surface area (Å²) in [6, 6.07) is 7.44. The Balaban J connectivity index is 3.14. The fraction of sp³-hybridized carbons (Fsp3) is 0. The van der Waals surface area contributed by atoms with Gasteiger partial charge in [0, 0.05) is 6.07 Å². The molecule has 74 valence electrons. The van der Waals surface area contributed by atoms with Crippen LogP contribution in [0.4, 0.5) is 0 Å². The van der Waals surface area contributed by atoms with Gasteiger partial charge in [-0.3, -0.25) is 4.79 Å². The second kappa shape index (κ2) is 3.31. The molecular weight excluding hydrogens is 191 g/mol. The van der Waals surface area contributed by atoms with Gasteiger partial charge < -0.3 is 10.2 Å². The number of rotatable bonds is 0. The molecule has 15 heavy (non-hydrogen) atoms. The molecule has 0 saturated carbocycles. The molecule has 0 atom stereocenters. The van der Waals surface area contributed by atoms with E-state index in [1.54, 1.807) is 12.1 Å². The minimum Gasteiger partial charge on any atom is -0.508 e. The first-order chi connectivity index (χ1) is 7.09. The molecular formula is C11H9BO3. The highest BCUT2D eigenvalue weighted by atomic mass is 16.3. The number of phenols is 2. The van der Waals surface area contributed by atoms with Crippen LogP contribution in [0.3, 0.4) is 0 Å². The standard InChI is InChI=1S/C11H9BO3/c12-8-2-1-3-9(14)11-7(8)4-6(13)5-10(11)15/h1-5,13,15H,12H2. The van der Waals surface area contributed by atoms with Gasteiger partial charge in [-0.1, -0.05) is 17.6 Å². The molecule has 0 saturated heterocycles. The minimum atomic E-state index is -0.254. The molecule has 2 rings (SSSR count). The normalized spacial score (nSPS) is 10.4. The molecule has 2 N–H and O–H groups in total. The van der Waals surface area contributed by atoms with Crippen molar-refractivity contribution in [2.45, 2.75) is 0 Å². The highest BCUT2D eigenvalue weighted by molar-refractivity contribution is 6.38. The lowest BCUT2D eigenvalue weighted by Gasteiger charge is -2.00. The van der Waals surface area contributed by atoms with Crippen molar-refractivity contribution in [3.63, 3.8) is 0 Å². The third kappa shape index (κ3) is 1.54. The molecule has 2 aromatic rings. The molecule has 2 aromatic carbocycles. The van der Waals surface area contributed by atoms with Gasteiger partial charge in [-0.05, 0) is 17.5 Å². The van der Waals surface area contributed by atoms with Crippen molar-refractivity contribution in [2.75, 3.05) is 0 Å². The zero-order valence-electron chi connectivity index (χ0n) is 8.19. The summed E-state index contributed by atoms with van der Waals surface area (Å²) in [5.74, 6) is -0.233. The molecule has 0 heterocycles. The number of aromatic hydroxyl groups is 2. The van der Waals surface area contributed by atoms with Gasteiger partial charge in [0.1, 0.15) is 19.3 Å². The SMILES string of the molecule is Bc1cccc(=O)c2c(O)cc(O)cc12. The van der Waals surface area contributed by atoms with Crippen LogP contribution in [0.2, 0.25) is 0 Å². The van der Waals surface area contributed by atoms with Gasteiger partial charge in [-0.15, -0.1) is 0 Å².